The summed E-state index contributed by atoms with van der Waals surface area (Å²) >= 11 is 0. The molecule has 0 atom stereocenters. The van der Waals surface area contributed by atoms with Crippen LogP contribution in [0.4, 0.5) is 0 Å². The van der Waals surface area contributed by atoms with Crippen LogP contribution >= 0.6 is 0 Å². The summed E-state index contributed by atoms with van der Waals surface area (Å²) in [5, 5.41) is 0. The van der Waals surface area contributed by atoms with Crippen LogP contribution in [0.3, 0.4) is 0 Å². The van der Waals surface area contributed by atoms with Crippen molar-refractivity contribution < 1.29 is 17.5 Å². The molecule has 4 nitrogen and oxygen atoms in total. The first kappa shape index (κ1) is 8.87. The minimum Gasteiger partial charge on any atom is -0.744 e. The van der Waals surface area contributed by atoms with E-state index < -0.39 is 10.1 Å². The standard InChI is InChI=1S/C4H11NO3S/c1-5(2,3)4-9(6,7)8/h4H2,1-3H3. The van der Waals surface area contributed by atoms with E-state index in [-0.39, 0.29) is 10.4 Å². The van der Waals surface area contributed by atoms with Crippen molar-refractivity contribution in [2.24, 2.45) is 0 Å². The van der Waals surface area contributed by atoms with E-state index in [0.717, 1.165) is 0 Å². The monoisotopic (exact) mass is 153 g/mol. The maximum atomic E-state index is 10.1. The van der Waals surface area contributed by atoms with E-state index in [4.69, 9.17) is 0 Å². The Kier molecular flexibility index (Phi) is 2.21. The summed E-state index contributed by atoms with van der Waals surface area (Å²) in [4.78, 5) is 0. The van der Waals surface area contributed by atoms with Crippen LogP contribution in [0.5, 0.6) is 0 Å². The average molecular weight is 153 g/mol. The second kappa shape index (κ2) is 2.24. The third-order valence-electron chi connectivity index (χ3n) is 0.545. The van der Waals surface area contributed by atoms with Crippen LogP contribution in [0.25, 0.3) is 0 Å². The minimum absolute atomic E-state index is 0.159. The van der Waals surface area contributed by atoms with E-state index >= 15 is 0 Å². The number of rotatable bonds is 2. The first-order valence-electron chi connectivity index (χ1n) is 2.45. The molecule has 56 valence electrons. The largest absolute Gasteiger partial charge is 0.744 e. The summed E-state index contributed by atoms with van der Waals surface area (Å²) < 4.78 is 30.4. The Hall–Kier alpha value is -0.130. The zero-order valence-electron chi connectivity index (χ0n) is 5.79. The minimum atomic E-state index is -4.06. The molecule has 0 N–H and O–H groups in total. The predicted octanol–water partition coefficient (Wildman–Crippen LogP) is -0.805. The van der Waals surface area contributed by atoms with Gasteiger partial charge in [-0.15, -0.1) is 0 Å². The number of quaternary nitrogens is 1. The first-order valence-corrected chi connectivity index (χ1v) is 4.02. The van der Waals surface area contributed by atoms with Crippen LogP contribution in [-0.4, -0.2) is 44.5 Å². The maximum absolute atomic E-state index is 10.1. The second-order valence-electron chi connectivity index (χ2n) is 2.98. The van der Waals surface area contributed by atoms with Gasteiger partial charge in [0.15, 0.2) is 5.88 Å². The van der Waals surface area contributed by atoms with Crippen molar-refractivity contribution in [3.63, 3.8) is 0 Å². The maximum Gasteiger partial charge on any atom is 0.168 e. The van der Waals surface area contributed by atoms with Crippen LogP contribution in [0, 0.1) is 0 Å². The molecule has 0 aromatic rings. The normalized spacial score (nSPS) is 13.8. The molecule has 0 rings (SSSR count). The van der Waals surface area contributed by atoms with Crippen molar-refractivity contribution in [3.05, 3.63) is 0 Å². The van der Waals surface area contributed by atoms with Crippen LogP contribution in [0.2, 0.25) is 0 Å². The molecule has 0 amide bonds. The van der Waals surface area contributed by atoms with Crippen LogP contribution in [0.1, 0.15) is 0 Å². The highest BCUT2D eigenvalue weighted by Gasteiger charge is 2.10. The molecule has 0 aliphatic carbocycles. The third kappa shape index (κ3) is 7.87. The van der Waals surface area contributed by atoms with Gasteiger partial charge in [-0.2, -0.15) is 0 Å². The third-order valence-corrected chi connectivity index (χ3v) is 1.64. The average Bonchev–Trinajstić information content (AvgIpc) is 1.14. The molecule has 0 heterocycles. The van der Waals surface area contributed by atoms with E-state index in [0.29, 0.717) is 0 Å². The molecule has 5 heteroatoms. The molecule has 0 fully saturated rings. The van der Waals surface area contributed by atoms with Crippen LogP contribution < -0.4 is 0 Å². The molecule has 0 radical (unpaired) electrons. The Labute approximate surface area is 55.4 Å². The van der Waals surface area contributed by atoms with Gasteiger partial charge in [0, 0.05) is 0 Å². The zero-order chi connectivity index (χ0) is 7.71. The lowest BCUT2D eigenvalue weighted by atomic mass is 10.8. The smallest absolute Gasteiger partial charge is 0.168 e. The highest BCUT2D eigenvalue weighted by Crippen LogP contribution is 1.93. The molecule has 9 heavy (non-hydrogen) atoms. The zero-order valence-corrected chi connectivity index (χ0v) is 6.60. The van der Waals surface area contributed by atoms with Gasteiger partial charge >= 0.3 is 0 Å². The molecule has 0 aromatic heterocycles. The topological polar surface area (TPSA) is 57.2 Å². The van der Waals surface area contributed by atoms with Crippen molar-refractivity contribution in [1.29, 1.82) is 0 Å². The van der Waals surface area contributed by atoms with Crippen molar-refractivity contribution in [2.45, 2.75) is 0 Å². The molecule has 0 aliphatic rings. The summed E-state index contributed by atoms with van der Waals surface area (Å²) in [5.41, 5.74) is 0. The van der Waals surface area contributed by atoms with Crippen molar-refractivity contribution in [1.82, 2.24) is 0 Å². The number of hydrogen-bond donors (Lipinski definition) is 0. The summed E-state index contributed by atoms with van der Waals surface area (Å²) in [5.74, 6) is -0.354. The quantitative estimate of drug-likeness (QED) is 0.385. The van der Waals surface area contributed by atoms with E-state index in [1.165, 1.54) is 0 Å². The molecular weight excluding hydrogens is 142 g/mol. The molecule has 0 saturated heterocycles. The van der Waals surface area contributed by atoms with Gasteiger partial charge in [0.2, 0.25) is 0 Å². The van der Waals surface area contributed by atoms with Crippen molar-refractivity contribution in [2.75, 3.05) is 27.0 Å². The summed E-state index contributed by atoms with van der Waals surface area (Å²) in [6.07, 6.45) is 0. The van der Waals surface area contributed by atoms with E-state index in [9.17, 15) is 13.0 Å². The highest BCUT2D eigenvalue weighted by atomic mass is 32.2. The first-order chi connectivity index (χ1) is 3.71. The number of hydrogen-bond acceptors (Lipinski definition) is 3. The molecule has 0 unspecified atom stereocenters. The predicted molar refractivity (Wildman–Crippen MR) is 32.6 cm³/mol. The van der Waals surface area contributed by atoms with Gasteiger partial charge < -0.3 is 9.04 Å². The summed E-state index contributed by atoms with van der Waals surface area (Å²) in [7, 11) is 0.885. The Balaban J connectivity index is 4.07. The summed E-state index contributed by atoms with van der Waals surface area (Å²) in [6.45, 7) is 0. The fraction of sp³-hybridized carbons (Fsp3) is 1.00. The van der Waals surface area contributed by atoms with Crippen molar-refractivity contribution in [3.8, 4) is 0 Å². The molecular formula is C4H11NO3S. The molecule has 0 spiro atoms. The van der Waals surface area contributed by atoms with Gasteiger partial charge in [0.1, 0.15) is 10.1 Å². The molecule has 0 saturated carbocycles. The Morgan fingerprint density at radius 2 is 1.67 bits per heavy atom. The van der Waals surface area contributed by atoms with Gasteiger partial charge in [0.05, 0.1) is 21.1 Å². The van der Waals surface area contributed by atoms with Gasteiger partial charge in [-0.1, -0.05) is 0 Å². The Bertz CT molecular complexity index is 176. The molecule has 0 bridgehead atoms. The highest BCUT2D eigenvalue weighted by molar-refractivity contribution is 7.85. The number of nitrogens with zero attached hydrogens (tertiary/aromatic N) is 1. The van der Waals surface area contributed by atoms with Gasteiger partial charge in [-0.05, 0) is 0 Å². The van der Waals surface area contributed by atoms with E-state index in [1.807, 2.05) is 0 Å². The summed E-state index contributed by atoms with van der Waals surface area (Å²) in [6, 6.07) is 0. The lowest BCUT2D eigenvalue weighted by molar-refractivity contribution is -0.858. The molecule has 0 aromatic carbocycles. The lowest BCUT2D eigenvalue weighted by Crippen LogP contribution is -2.39. The molecule has 0 aliphatic heterocycles. The fourth-order valence-corrected chi connectivity index (χ4v) is 1.42. The van der Waals surface area contributed by atoms with E-state index in [1.54, 1.807) is 21.1 Å². The fourth-order valence-electron chi connectivity index (χ4n) is 0.474. The van der Waals surface area contributed by atoms with E-state index in [2.05, 4.69) is 0 Å². The van der Waals surface area contributed by atoms with Crippen LogP contribution in [-0.2, 0) is 10.1 Å². The van der Waals surface area contributed by atoms with Gasteiger partial charge in [0.25, 0.3) is 0 Å². The van der Waals surface area contributed by atoms with Gasteiger partial charge in [-0.25, -0.2) is 8.42 Å². The lowest BCUT2D eigenvalue weighted by Gasteiger charge is -2.24. The van der Waals surface area contributed by atoms with Gasteiger partial charge in [-0.3, -0.25) is 0 Å². The van der Waals surface area contributed by atoms with Crippen molar-refractivity contribution >= 4 is 10.1 Å². The van der Waals surface area contributed by atoms with Crippen LogP contribution in [0.15, 0.2) is 0 Å². The second-order valence-corrected chi connectivity index (χ2v) is 4.35. The Morgan fingerprint density at radius 1 is 1.33 bits per heavy atom. The SMILES string of the molecule is C[N+](C)(C)CS(=O)(=O)[O-]. The Morgan fingerprint density at radius 3 is 1.67 bits per heavy atom.